The summed E-state index contributed by atoms with van der Waals surface area (Å²) in [5, 5.41) is 22.9. The number of nitro groups is 1. The molecule has 128 valence electrons. The number of likely N-dealkylation sites (N-methyl/N-ethyl adjacent to an activating group) is 1. The van der Waals surface area contributed by atoms with Crippen LogP contribution in [-0.4, -0.2) is 23.9 Å². The Morgan fingerprint density at radius 2 is 2.00 bits per heavy atom. The van der Waals surface area contributed by atoms with Crippen LogP contribution in [0, 0.1) is 21.4 Å². The average Bonchev–Trinajstić information content (AvgIpc) is 2.61. The van der Waals surface area contributed by atoms with Gasteiger partial charge in [-0.15, -0.1) is 0 Å². The Labute approximate surface area is 153 Å². The Bertz CT molecular complexity index is 831. The minimum Gasteiger partial charge on any atom is -0.361 e. The molecule has 2 aromatic rings. The number of non-ortho nitro benzene ring substituents is 1. The van der Waals surface area contributed by atoms with Gasteiger partial charge in [0, 0.05) is 28.8 Å². The average molecular weight is 403 g/mol. The number of amides is 1. The number of carbonyl (C=O) groups is 1. The second kappa shape index (κ2) is 8.26. The zero-order valence-electron chi connectivity index (χ0n) is 13.4. The number of halogens is 1. The van der Waals surface area contributed by atoms with Crippen LogP contribution in [-0.2, 0) is 4.79 Å². The van der Waals surface area contributed by atoms with Gasteiger partial charge < -0.3 is 10.2 Å². The van der Waals surface area contributed by atoms with Gasteiger partial charge in [0.2, 0.25) is 5.91 Å². The SMILES string of the molecule is CCN(CC(=O)Nc1ccc(Br)cc1)c1ccc([N+](=O)[O-])cc1C#N. The summed E-state index contributed by atoms with van der Waals surface area (Å²) >= 11 is 3.33. The maximum absolute atomic E-state index is 12.3. The number of nitriles is 1. The monoisotopic (exact) mass is 402 g/mol. The predicted octanol–water partition coefficient (Wildman–Crippen LogP) is 3.69. The summed E-state index contributed by atoms with van der Waals surface area (Å²) in [6.07, 6.45) is 0. The Morgan fingerprint density at radius 3 is 2.56 bits per heavy atom. The Balaban J connectivity index is 2.16. The first-order valence-corrected chi connectivity index (χ1v) is 8.22. The number of hydrogen-bond donors (Lipinski definition) is 1. The lowest BCUT2D eigenvalue weighted by molar-refractivity contribution is -0.384. The largest absolute Gasteiger partial charge is 0.361 e. The minimum absolute atomic E-state index is 0.0268. The summed E-state index contributed by atoms with van der Waals surface area (Å²) < 4.78 is 0.908. The van der Waals surface area contributed by atoms with Crippen LogP contribution >= 0.6 is 15.9 Å². The van der Waals surface area contributed by atoms with Crippen molar-refractivity contribution in [1.82, 2.24) is 0 Å². The molecule has 0 heterocycles. The fourth-order valence-electron chi connectivity index (χ4n) is 2.28. The number of benzene rings is 2. The lowest BCUT2D eigenvalue weighted by Crippen LogP contribution is -2.33. The van der Waals surface area contributed by atoms with Gasteiger partial charge in [0.25, 0.3) is 5.69 Å². The smallest absolute Gasteiger partial charge is 0.270 e. The number of anilines is 2. The van der Waals surface area contributed by atoms with Crippen LogP contribution < -0.4 is 10.2 Å². The van der Waals surface area contributed by atoms with Crippen molar-refractivity contribution in [3.05, 3.63) is 62.6 Å². The second-order valence-electron chi connectivity index (χ2n) is 5.14. The zero-order chi connectivity index (χ0) is 18.4. The van der Waals surface area contributed by atoms with Crippen LogP contribution in [0.5, 0.6) is 0 Å². The maximum Gasteiger partial charge on any atom is 0.270 e. The van der Waals surface area contributed by atoms with E-state index in [1.165, 1.54) is 18.2 Å². The highest BCUT2D eigenvalue weighted by Gasteiger charge is 2.17. The summed E-state index contributed by atoms with van der Waals surface area (Å²) in [5.74, 6) is -0.244. The number of nitrogens with zero attached hydrogens (tertiary/aromatic N) is 3. The molecular formula is C17H15BrN4O3. The number of nitro benzene ring substituents is 1. The number of carbonyl (C=O) groups excluding carboxylic acids is 1. The summed E-state index contributed by atoms with van der Waals surface area (Å²) in [4.78, 5) is 24.2. The van der Waals surface area contributed by atoms with Crippen molar-refractivity contribution >= 4 is 38.9 Å². The molecule has 0 saturated heterocycles. The third-order valence-electron chi connectivity index (χ3n) is 3.50. The number of hydrogen-bond acceptors (Lipinski definition) is 5. The number of nitrogens with one attached hydrogen (secondary N) is 1. The summed E-state index contributed by atoms with van der Waals surface area (Å²) in [6, 6.07) is 13.2. The van der Waals surface area contributed by atoms with Gasteiger partial charge in [-0.25, -0.2) is 0 Å². The van der Waals surface area contributed by atoms with E-state index in [0.29, 0.717) is 17.9 Å². The zero-order valence-corrected chi connectivity index (χ0v) is 15.0. The molecule has 0 aliphatic rings. The van der Waals surface area contributed by atoms with Crippen LogP contribution in [0.25, 0.3) is 0 Å². The number of rotatable bonds is 6. The molecule has 0 spiro atoms. The molecule has 0 bridgehead atoms. The molecule has 25 heavy (non-hydrogen) atoms. The molecular weight excluding hydrogens is 388 g/mol. The highest BCUT2D eigenvalue weighted by molar-refractivity contribution is 9.10. The van der Waals surface area contributed by atoms with E-state index in [1.54, 1.807) is 17.0 Å². The molecule has 2 aromatic carbocycles. The van der Waals surface area contributed by atoms with Crippen LogP contribution in [0.4, 0.5) is 17.1 Å². The summed E-state index contributed by atoms with van der Waals surface area (Å²) in [5.41, 5.74) is 1.15. The van der Waals surface area contributed by atoms with E-state index in [0.717, 1.165) is 4.47 Å². The van der Waals surface area contributed by atoms with E-state index in [-0.39, 0.29) is 23.7 Å². The fraction of sp³-hybridized carbons (Fsp3) is 0.176. The molecule has 0 radical (unpaired) electrons. The van der Waals surface area contributed by atoms with E-state index in [2.05, 4.69) is 21.2 Å². The molecule has 0 atom stereocenters. The molecule has 0 aromatic heterocycles. The molecule has 8 heteroatoms. The highest BCUT2D eigenvalue weighted by Crippen LogP contribution is 2.25. The van der Waals surface area contributed by atoms with Gasteiger partial charge in [-0.3, -0.25) is 14.9 Å². The predicted molar refractivity (Wildman–Crippen MR) is 98.5 cm³/mol. The van der Waals surface area contributed by atoms with Crippen LogP contribution in [0.15, 0.2) is 46.9 Å². The third-order valence-corrected chi connectivity index (χ3v) is 4.02. The van der Waals surface area contributed by atoms with Crippen molar-refractivity contribution < 1.29 is 9.72 Å². The highest BCUT2D eigenvalue weighted by atomic mass is 79.9. The summed E-state index contributed by atoms with van der Waals surface area (Å²) in [7, 11) is 0. The summed E-state index contributed by atoms with van der Waals surface area (Å²) in [6.45, 7) is 2.34. The first-order valence-electron chi connectivity index (χ1n) is 7.43. The van der Waals surface area contributed by atoms with Crippen molar-refractivity contribution in [3.63, 3.8) is 0 Å². The van der Waals surface area contributed by atoms with E-state index < -0.39 is 4.92 Å². The quantitative estimate of drug-likeness (QED) is 0.586. The topological polar surface area (TPSA) is 99.3 Å². The molecule has 0 aliphatic heterocycles. The van der Waals surface area contributed by atoms with Gasteiger partial charge in [0.05, 0.1) is 22.7 Å². The van der Waals surface area contributed by atoms with Crippen molar-refractivity contribution in [2.24, 2.45) is 0 Å². The normalized spacial score (nSPS) is 9.96. The van der Waals surface area contributed by atoms with Crippen LogP contribution in [0.2, 0.25) is 0 Å². The van der Waals surface area contributed by atoms with Crippen LogP contribution in [0.3, 0.4) is 0 Å². The fourth-order valence-corrected chi connectivity index (χ4v) is 2.54. The Morgan fingerprint density at radius 1 is 1.32 bits per heavy atom. The molecule has 2 rings (SSSR count). The maximum atomic E-state index is 12.3. The van der Waals surface area contributed by atoms with Gasteiger partial charge in [-0.1, -0.05) is 15.9 Å². The molecule has 0 fully saturated rings. The lowest BCUT2D eigenvalue weighted by Gasteiger charge is -2.23. The molecule has 1 N–H and O–H groups in total. The van der Waals surface area contributed by atoms with Crippen LogP contribution in [0.1, 0.15) is 12.5 Å². The standard InChI is InChI=1S/C17H15BrN4O3/c1-2-21(11-17(23)20-14-5-3-13(18)4-6-14)16-8-7-15(22(24)25)9-12(16)10-19/h3-9H,2,11H2,1H3,(H,20,23). The molecule has 1 amide bonds. The first-order chi connectivity index (χ1) is 11.9. The van der Waals surface area contributed by atoms with Gasteiger partial charge in [0.15, 0.2) is 0 Å². The Hall–Kier alpha value is -2.92. The molecule has 0 saturated carbocycles. The van der Waals surface area contributed by atoms with Gasteiger partial charge in [0.1, 0.15) is 6.07 Å². The van der Waals surface area contributed by atoms with Crippen molar-refractivity contribution in [2.45, 2.75) is 6.92 Å². The van der Waals surface area contributed by atoms with E-state index in [4.69, 9.17) is 0 Å². The molecule has 7 nitrogen and oxygen atoms in total. The lowest BCUT2D eigenvalue weighted by atomic mass is 10.1. The second-order valence-corrected chi connectivity index (χ2v) is 6.06. The van der Waals surface area contributed by atoms with Gasteiger partial charge >= 0.3 is 0 Å². The molecule has 0 aliphatic carbocycles. The van der Waals surface area contributed by atoms with Crippen molar-refractivity contribution in [1.29, 1.82) is 5.26 Å². The van der Waals surface area contributed by atoms with Crippen molar-refractivity contribution in [2.75, 3.05) is 23.3 Å². The van der Waals surface area contributed by atoms with Crippen molar-refractivity contribution in [3.8, 4) is 6.07 Å². The Kier molecular flexibility index (Phi) is 6.08. The first kappa shape index (κ1) is 18.4. The van der Waals surface area contributed by atoms with E-state index in [1.807, 2.05) is 25.1 Å². The third kappa shape index (κ3) is 4.78. The minimum atomic E-state index is -0.554. The van der Waals surface area contributed by atoms with E-state index >= 15 is 0 Å². The molecule has 0 unspecified atom stereocenters. The van der Waals surface area contributed by atoms with Gasteiger partial charge in [-0.05, 0) is 37.3 Å². The van der Waals surface area contributed by atoms with Gasteiger partial charge in [-0.2, -0.15) is 5.26 Å². The van der Waals surface area contributed by atoms with E-state index in [9.17, 15) is 20.2 Å².